The summed E-state index contributed by atoms with van der Waals surface area (Å²) in [5, 5.41) is 14.0. The lowest BCUT2D eigenvalue weighted by molar-refractivity contribution is -0.127. The van der Waals surface area contributed by atoms with Crippen LogP contribution in [0.15, 0.2) is 18.2 Å². The molecule has 1 aromatic carbocycles. The molecule has 3 heterocycles. The maximum absolute atomic E-state index is 13.0. The highest BCUT2D eigenvalue weighted by Crippen LogP contribution is 2.34. The number of fused-ring (bicyclic) bond motifs is 1. The number of hydrogen-bond donors (Lipinski definition) is 2. The van der Waals surface area contributed by atoms with Crippen LogP contribution < -0.4 is 20.1 Å². The zero-order chi connectivity index (χ0) is 23.5. The summed E-state index contributed by atoms with van der Waals surface area (Å²) in [6.45, 7) is 1.06. The molecule has 34 heavy (non-hydrogen) atoms. The van der Waals surface area contributed by atoms with E-state index in [-0.39, 0.29) is 40.6 Å². The predicted molar refractivity (Wildman–Crippen MR) is 124 cm³/mol. The van der Waals surface area contributed by atoms with Crippen LogP contribution in [0.1, 0.15) is 64.6 Å². The van der Waals surface area contributed by atoms with Crippen LogP contribution in [0.4, 0.5) is 5.69 Å². The first-order valence-electron chi connectivity index (χ1n) is 11.7. The molecular weight excluding hydrogens is 458 g/mol. The summed E-state index contributed by atoms with van der Waals surface area (Å²) < 4.78 is 10.6. The summed E-state index contributed by atoms with van der Waals surface area (Å²) >= 11 is 0.944. The molecule has 3 amide bonds. The second-order valence-electron chi connectivity index (χ2n) is 8.87. The van der Waals surface area contributed by atoms with Crippen LogP contribution in [0.3, 0.4) is 0 Å². The van der Waals surface area contributed by atoms with Crippen LogP contribution >= 0.6 is 11.3 Å². The summed E-state index contributed by atoms with van der Waals surface area (Å²) in [7, 11) is 0. The number of carbonyl (C=O) groups excluding carboxylic acids is 3. The fourth-order valence-corrected chi connectivity index (χ4v) is 5.34. The van der Waals surface area contributed by atoms with Gasteiger partial charge >= 0.3 is 0 Å². The Bertz CT molecular complexity index is 1080. The molecule has 2 fully saturated rings. The van der Waals surface area contributed by atoms with Crippen LogP contribution in [-0.4, -0.2) is 58.7 Å². The fourth-order valence-electron chi connectivity index (χ4n) is 4.64. The molecular formula is C23H27N5O5S. The molecule has 3 aliphatic rings. The third-order valence-corrected chi connectivity index (χ3v) is 7.37. The minimum absolute atomic E-state index is 0.0328. The van der Waals surface area contributed by atoms with E-state index in [1.54, 1.807) is 23.1 Å². The van der Waals surface area contributed by atoms with Gasteiger partial charge in [0.25, 0.3) is 11.8 Å². The van der Waals surface area contributed by atoms with Crippen molar-refractivity contribution in [2.45, 2.75) is 51.0 Å². The molecule has 11 heteroatoms. The van der Waals surface area contributed by atoms with Gasteiger partial charge in [-0.15, -0.1) is 10.2 Å². The lowest BCUT2D eigenvalue weighted by Gasteiger charge is -2.33. The van der Waals surface area contributed by atoms with Gasteiger partial charge in [0.05, 0.1) is 5.92 Å². The summed E-state index contributed by atoms with van der Waals surface area (Å²) in [5.41, 5.74) is 0.528. The van der Waals surface area contributed by atoms with Gasteiger partial charge in [-0.2, -0.15) is 0 Å². The van der Waals surface area contributed by atoms with Gasteiger partial charge in [-0.25, -0.2) is 0 Å². The Hall–Kier alpha value is -3.21. The van der Waals surface area contributed by atoms with Gasteiger partial charge in [0.15, 0.2) is 11.5 Å². The van der Waals surface area contributed by atoms with Crippen molar-refractivity contribution >= 4 is 34.7 Å². The van der Waals surface area contributed by atoms with E-state index in [0.717, 1.165) is 49.9 Å². The number of nitrogens with zero attached hydrogens (tertiary/aromatic N) is 3. The lowest BCUT2D eigenvalue weighted by Crippen LogP contribution is -2.47. The first-order valence-corrected chi connectivity index (χ1v) is 12.5. The summed E-state index contributed by atoms with van der Waals surface area (Å²) in [5.74, 6) is 0.229. The van der Waals surface area contributed by atoms with E-state index in [1.165, 1.54) is 6.42 Å². The molecule has 0 radical (unpaired) electrons. The van der Waals surface area contributed by atoms with Crippen LogP contribution in [0.5, 0.6) is 11.5 Å². The van der Waals surface area contributed by atoms with Gasteiger partial charge in [-0.3, -0.25) is 14.4 Å². The van der Waals surface area contributed by atoms with E-state index in [4.69, 9.17) is 9.47 Å². The molecule has 2 aliphatic heterocycles. The Morgan fingerprint density at radius 3 is 2.62 bits per heavy atom. The number of piperidine rings is 1. The van der Waals surface area contributed by atoms with E-state index in [0.29, 0.717) is 30.3 Å². The molecule has 0 unspecified atom stereocenters. The molecule has 2 N–H and O–H groups in total. The molecule has 1 aromatic heterocycles. The maximum Gasteiger partial charge on any atom is 0.286 e. The van der Waals surface area contributed by atoms with E-state index in [2.05, 4.69) is 20.8 Å². The van der Waals surface area contributed by atoms with E-state index in [9.17, 15) is 14.4 Å². The first-order chi connectivity index (χ1) is 16.6. The normalized spacial score (nSPS) is 20.1. The van der Waals surface area contributed by atoms with Crippen LogP contribution in [0.2, 0.25) is 0 Å². The molecule has 1 atom stereocenters. The summed E-state index contributed by atoms with van der Waals surface area (Å²) in [6, 6.07) is 5.33. The predicted octanol–water partition coefficient (Wildman–Crippen LogP) is 2.82. The number of anilines is 1. The molecule has 2 aromatic rings. The summed E-state index contributed by atoms with van der Waals surface area (Å²) in [4.78, 5) is 40.0. The van der Waals surface area contributed by atoms with Gasteiger partial charge in [0.2, 0.25) is 22.7 Å². The minimum Gasteiger partial charge on any atom is -0.454 e. The van der Waals surface area contributed by atoms with E-state index in [1.807, 2.05) is 0 Å². The first kappa shape index (κ1) is 22.6. The average molecular weight is 486 g/mol. The van der Waals surface area contributed by atoms with Crippen LogP contribution in [0, 0.1) is 5.92 Å². The van der Waals surface area contributed by atoms with Crippen molar-refractivity contribution in [3.63, 3.8) is 0 Å². The number of nitrogens with one attached hydrogen (secondary N) is 2. The number of benzene rings is 1. The van der Waals surface area contributed by atoms with Crippen molar-refractivity contribution in [1.29, 1.82) is 0 Å². The van der Waals surface area contributed by atoms with Gasteiger partial charge in [-0.05, 0) is 37.8 Å². The van der Waals surface area contributed by atoms with Crippen LogP contribution in [-0.2, 0) is 4.79 Å². The topological polar surface area (TPSA) is 123 Å². The molecule has 5 rings (SSSR count). The van der Waals surface area contributed by atoms with Crippen molar-refractivity contribution in [2.24, 2.45) is 5.92 Å². The number of hydrogen-bond acceptors (Lipinski definition) is 8. The third kappa shape index (κ3) is 4.98. The van der Waals surface area contributed by atoms with Gasteiger partial charge in [-0.1, -0.05) is 30.6 Å². The van der Waals surface area contributed by atoms with Crippen molar-refractivity contribution < 1.29 is 23.9 Å². The molecule has 0 spiro atoms. The van der Waals surface area contributed by atoms with Crippen LogP contribution in [0.25, 0.3) is 0 Å². The second kappa shape index (κ2) is 9.96. The average Bonchev–Trinajstić information content (AvgIpc) is 3.54. The number of amides is 3. The Kier molecular flexibility index (Phi) is 6.61. The Labute approximate surface area is 201 Å². The Morgan fingerprint density at radius 2 is 1.76 bits per heavy atom. The SMILES string of the molecule is O=C(Nc1ccc2c(c1)OCO2)c1nnc(C(=O)N2CCC[C@H](C(=O)NC3CCCCC3)C2)s1. The standard InChI is InChI=1S/C23H27N5O5S/c29-19(24-15-6-2-1-3-7-15)14-5-4-10-28(12-14)23(31)22-27-26-21(34-22)20(30)25-16-8-9-17-18(11-16)33-13-32-17/h8-9,11,14-15H,1-7,10,12-13H2,(H,24,29)(H,25,30)/t14-/m0/s1. The monoisotopic (exact) mass is 485 g/mol. The molecule has 10 nitrogen and oxygen atoms in total. The van der Waals surface area contributed by atoms with E-state index < -0.39 is 5.91 Å². The molecule has 1 saturated heterocycles. The number of likely N-dealkylation sites (tertiary alicyclic amines) is 1. The molecule has 1 saturated carbocycles. The van der Waals surface area contributed by atoms with E-state index >= 15 is 0 Å². The highest BCUT2D eigenvalue weighted by molar-refractivity contribution is 7.15. The maximum atomic E-state index is 13.0. The van der Waals surface area contributed by atoms with Gasteiger partial charge < -0.3 is 25.0 Å². The number of ether oxygens (including phenoxy) is 2. The molecule has 0 bridgehead atoms. The van der Waals surface area contributed by atoms with Gasteiger partial charge in [0, 0.05) is 30.9 Å². The Morgan fingerprint density at radius 1 is 0.971 bits per heavy atom. The third-order valence-electron chi connectivity index (χ3n) is 6.46. The Balaban J connectivity index is 1.18. The van der Waals surface area contributed by atoms with Gasteiger partial charge in [0.1, 0.15) is 0 Å². The second-order valence-corrected chi connectivity index (χ2v) is 9.85. The molecule has 180 valence electrons. The fraction of sp³-hybridized carbons (Fsp3) is 0.522. The zero-order valence-electron chi connectivity index (χ0n) is 18.7. The quantitative estimate of drug-likeness (QED) is 0.668. The zero-order valence-corrected chi connectivity index (χ0v) is 19.6. The lowest BCUT2D eigenvalue weighted by atomic mass is 9.93. The smallest absolute Gasteiger partial charge is 0.286 e. The largest absolute Gasteiger partial charge is 0.454 e. The minimum atomic E-state index is -0.459. The van der Waals surface area contributed by atoms with Crippen molar-refractivity contribution in [3.05, 3.63) is 28.2 Å². The van der Waals surface area contributed by atoms with Crippen molar-refractivity contribution in [2.75, 3.05) is 25.2 Å². The number of rotatable bonds is 5. The number of carbonyl (C=O) groups is 3. The van der Waals surface area contributed by atoms with Crippen molar-refractivity contribution in [1.82, 2.24) is 20.4 Å². The molecule has 1 aliphatic carbocycles. The summed E-state index contributed by atoms with van der Waals surface area (Å²) in [6.07, 6.45) is 7.12. The highest BCUT2D eigenvalue weighted by Gasteiger charge is 2.32. The van der Waals surface area contributed by atoms with Crippen molar-refractivity contribution in [3.8, 4) is 11.5 Å². The highest BCUT2D eigenvalue weighted by atomic mass is 32.1. The number of aromatic nitrogens is 2.